The van der Waals surface area contributed by atoms with Gasteiger partial charge in [0.2, 0.25) is 0 Å². The number of rotatable bonds is 7. The van der Waals surface area contributed by atoms with Crippen LogP contribution in [0.4, 0.5) is 4.79 Å². The van der Waals surface area contributed by atoms with Crippen molar-refractivity contribution in [1.29, 1.82) is 0 Å². The van der Waals surface area contributed by atoms with Gasteiger partial charge in [-0.1, -0.05) is 65.8 Å². The van der Waals surface area contributed by atoms with Crippen LogP contribution in [-0.4, -0.2) is 23.8 Å². The minimum absolute atomic E-state index is 0.176. The molecule has 2 aromatic rings. The summed E-state index contributed by atoms with van der Waals surface area (Å²) in [6.45, 7) is 5.60. The molecule has 0 bridgehead atoms. The summed E-state index contributed by atoms with van der Waals surface area (Å²) in [5.41, 5.74) is 9.86. The Hall–Kier alpha value is -2.98. The highest BCUT2D eigenvalue weighted by Gasteiger charge is 2.31. The smallest absolute Gasteiger partial charge is 0.407 e. The summed E-state index contributed by atoms with van der Waals surface area (Å²) in [5, 5.41) is 6.90. The second-order valence-corrected chi connectivity index (χ2v) is 7.59. The molecule has 0 radical (unpaired) electrons. The summed E-state index contributed by atoms with van der Waals surface area (Å²) in [7, 11) is 0. The molecular formula is C21H26N4O2. The zero-order valence-electron chi connectivity index (χ0n) is 16.1. The lowest BCUT2D eigenvalue weighted by atomic mass is 9.85. The van der Waals surface area contributed by atoms with E-state index in [1.165, 1.54) is 0 Å². The minimum Gasteiger partial charge on any atom is -0.444 e. The maximum atomic E-state index is 12.1. The van der Waals surface area contributed by atoms with Crippen LogP contribution in [0.1, 0.15) is 31.9 Å². The van der Waals surface area contributed by atoms with Gasteiger partial charge in [-0.05, 0) is 50.3 Å². The number of benzene rings is 2. The normalized spacial score (nSPS) is 11.4. The predicted molar refractivity (Wildman–Crippen MR) is 106 cm³/mol. The monoisotopic (exact) mass is 366 g/mol. The van der Waals surface area contributed by atoms with Crippen LogP contribution in [0.3, 0.4) is 0 Å². The second-order valence-electron chi connectivity index (χ2n) is 7.59. The minimum atomic E-state index is -0.839. The Balaban J connectivity index is 2.26. The third-order valence-corrected chi connectivity index (χ3v) is 3.97. The van der Waals surface area contributed by atoms with E-state index >= 15 is 0 Å². The number of hydrogen-bond donors (Lipinski definition) is 1. The number of carbonyl (C=O) groups is 1. The quantitative estimate of drug-likeness (QED) is 0.422. The SMILES string of the molecule is CC(C)(C)OC(=O)NCC(Cc1ccccc1)(Cc1ccccc1)N=[N+]=[N-]. The highest BCUT2D eigenvalue weighted by Crippen LogP contribution is 2.24. The number of nitrogens with zero attached hydrogens (tertiary/aromatic N) is 3. The molecule has 0 atom stereocenters. The zero-order valence-corrected chi connectivity index (χ0v) is 16.1. The lowest BCUT2D eigenvalue weighted by Crippen LogP contribution is -2.46. The van der Waals surface area contributed by atoms with Crippen LogP contribution >= 0.6 is 0 Å². The van der Waals surface area contributed by atoms with Gasteiger partial charge in [-0.3, -0.25) is 0 Å². The molecule has 6 heteroatoms. The highest BCUT2D eigenvalue weighted by molar-refractivity contribution is 5.67. The average molecular weight is 366 g/mol. The molecule has 0 aliphatic rings. The van der Waals surface area contributed by atoms with Gasteiger partial charge in [-0.2, -0.15) is 0 Å². The van der Waals surface area contributed by atoms with Crippen LogP contribution in [0.2, 0.25) is 0 Å². The predicted octanol–water partition coefficient (Wildman–Crippen LogP) is 5.05. The van der Waals surface area contributed by atoms with Gasteiger partial charge in [0.25, 0.3) is 0 Å². The molecule has 0 saturated heterocycles. The van der Waals surface area contributed by atoms with E-state index in [1.54, 1.807) is 20.8 Å². The molecule has 1 amide bonds. The van der Waals surface area contributed by atoms with Crippen molar-refractivity contribution in [2.75, 3.05) is 6.54 Å². The van der Waals surface area contributed by atoms with E-state index in [1.807, 2.05) is 60.7 Å². The van der Waals surface area contributed by atoms with Crippen molar-refractivity contribution in [2.45, 2.75) is 44.8 Å². The fraction of sp³-hybridized carbons (Fsp3) is 0.381. The molecule has 0 fully saturated rings. The zero-order chi connectivity index (χ0) is 19.8. The van der Waals surface area contributed by atoms with Crippen molar-refractivity contribution < 1.29 is 9.53 Å². The number of amides is 1. The Morgan fingerprint density at radius 1 is 1.00 bits per heavy atom. The average Bonchev–Trinajstić information content (AvgIpc) is 2.61. The summed E-state index contributed by atoms with van der Waals surface area (Å²) in [6, 6.07) is 19.6. The van der Waals surface area contributed by atoms with E-state index < -0.39 is 17.2 Å². The molecule has 0 heterocycles. The number of carbonyl (C=O) groups excluding carboxylic acids is 1. The van der Waals surface area contributed by atoms with Crippen LogP contribution in [-0.2, 0) is 17.6 Å². The molecule has 2 rings (SSSR count). The number of ether oxygens (including phenoxy) is 1. The largest absolute Gasteiger partial charge is 0.444 e. The van der Waals surface area contributed by atoms with Gasteiger partial charge >= 0.3 is 6.09 Å². The molecule has 0 aliphatic carbocycles. The first-order chi connectivity index (χ1) is 12.8. The van der Waals surface area contributed by atoms with Gasteiger partial charge in [0.05, 0.1) is 5.54 Å². The molecule has 6 nitrogen and oxygen atoms in total. The number of nitrogens with one attached hydrogen (secondary N) is 1. The Morgan fingerprint density at radius 2 is 1.48 bits per heavy atom. The van der Waals surface area contributed by atoms with Crippen LogP contribution < -0.4 is 5.32 Å². The maximum Gasteiger partial charge on any atom is 0.407 e. The Labute approximate surface area is 160 Å². The van der Waals surface area contributed by atoms with Crippen molar-refractivity contribution in [2.24, 2.45) is 5.11 Å². The molecule has 0 aliphatic heterocycles. The van der Waals surface area contributed by atoms with Crippen molar-refractivity contribution in [3.63, 3.8) is 0 Å². The van der Waals surface area contributed by atoms with E-state index in [0.29, 0.717) is 12.8 Å². The molecule has 0 spiro atoms. The van der Waals surface area contributed by atoms with E-state index in [0.717, 1.165) is 11.1 Å². The third kappa shape index (κ3) is 7.04. The number of alkyl carbamates (subject to hydrolysis) is 1. The van der Waals surface area contributed by atoms with E-state index in [2.05, 4.69) is 15.3 Å². The Bertz CT molecular complexity index is 737. The topological polar surface area (TPSA) is 87.1 Å². The lowest BCUT2D eigenvalue weighted by Gasteiger charge is -2.30. The van der Waals surface area contributed by atoms with Gasteiger partial charge in [0.1, 0.15) is 5.60 Å². The van der Waals surface area contributed by atoms with Crippen molar-refractivity contribution in [3.05, 3.63) is 82.2 Å². The summed E-state index contributed by atoms with van der Waals surface area (Å²) in [6.07, 6.45) is 0.478. The summed E-state index contributed by atoms with van der Waals surface area (Å²) < 4.78 is 5.33. The first-order valence-electron chi connectivity index (χ1n) is 8.93. The van der Waals surface area contributed by atoms with Gasteiger partial charge in [-0.15, -0.1) is 0 Å². The fourth-order valence-corrected chi connectivity index (χ4v) is 2.89. The Morgan fingerprint density at radius 3 is 1.89 bits per heavy atom. The summed E-state index contributed by atoms with van der Waals surface area (Å²) in [4.78, 5) is 15.2. The van der Waals surface area contributed by atoms with E-state index in [9.17, 15) is 10.3 Å². The summed E-state index contributed by atoms with van der Waals surface area (Å²) in [5.74, 6) is 0. The highest BCUT2D eigenvalue weighted by atomic mass is 16.6. The first-order valence-corrected chi connectivity index (χ1v) is 8.93. The fourth-order valence-electron chi connectivity index (χ4n) is 2.89. The van der Waals surface area contributed by atoms with Crippen LogP contribution in [0.15, 0.2) is 65.8 Å². The third-order valence-electron chi connectivity index (χ3n) is 3.97. The lowest BCUT2D eigenvalue weighted by molar-refractivity contribution is 0.0514. The van der Waals surface area contributed by atoms with Crippen molar-refractivity contribution in [1.82, 2.24) is 5.32 Å². The maximum absolute atomic E-state index is 12.1. The number of azide groups is 1. The molecule has 0 aromatic heterocycles. The molecular weight excluding hydrogens is 340 g/mol. The molecule has 1 N–H and O–H groups in total. The molecule has 142 valence electrons. The molecule has 0 unspecified atom stereocenters. The Kier molecular flexibility index (Phi) is 6.85. The van der Waals surface area contributed by atoms with E-state index in [4.69, 9.17) is 4.74 Å². The van der Waals surface area contributed by atoms with Gasteiger partial charge in [0, 0.05) is 11.5 Å². The molecule has 2 aromatic carbocycles. The van der Waals surface area contributed by atoms with Gasteiger partial charge in [0.15, 0.2) is 0 Å². The van der Waals surface area contributed by atoms with Gasteiger partial charge in [-0.25, -0.2) is 4.79 Å². The molecule has 27 heavy (non-hydrogen) atoms. The van der Waals surface area contributed by atoms with Gasteiger partial charge < -0.3 is 10.1 Å². The number of hydrogen-bond acceptors (Lipinski definition) is 3. The standard InChI is InChI=1S/C21H26N4O2/c1-20(2,3)27-19(26)23-16-21(24-25-22,14-17-10-6-4-7-11-17)15-18-12-8-5-9-13-18/h4-13H,14-16H2,1-3H3,(H,23,26). The molecule has 0 saturated carbocycles. The van der Waals surface area contributed by atoms with Crippen LogP contribution in [0, 0.1) is 0 Å². The van der Waals surface area contributed by atoms with Crippen LogP contribution in [0.5, 0.6) is 0 Å². The summed E-state index contributed by atoms with van der Waals surface area (Å²) >= 11 is 0. The first kappa shape index (κ1) is 20.3. The van der Waals surface area contributed by atoms with E-state index in [-0.39, 0.29) is 6.54 Å². The van der Waals surface area contributed by atoms with Crippen LogP contribution in [0.25, 0.3) is 10.4 Å². The van der Waals surface area contributed by atoms with Crippen molar-refractivity contribution in [3.8, 4) is 0 Å². The van der Waals surface area contributed by atoms with Crippen molar-refractivity contribution >= 4 is 6.09 Å². The second kappa shape index (κ2) is 9.10.